The highest BCUT2D eigenvalue weighted by atomic mass is 16.3. The van der Waals surface area contributed by atoms with Gasteiger partial charge in [-0.15, -0.1) is 0 Å². The number of rotatable bonds is 1. The van der Waals surface area contributed by atoms with Gasteiger partial charge < -0.3 is 10.4 Å². The third-order valence-corrected chi connectivity index (χ3v) is 1.79. The van der Waals surface area contributed by atoms with Crippen LogP contribution in [0.1, 0.15) is 20.8 Å². The molecule has 1 heterocycles. The van der Waals surface area contributed by atoms with Crippen molar-refractivity contribution in [3.8, 4) is 0 Å². The molecule has 11 heavy (non-hydrogen) atoms. The molecule has 0 saturated heterocycles. The van der Waals surface area contributed by atoms with E-state index in [1.165, 1.54) is 5.57 Å². The quantitative estimate of drug-likeness (QED) is 0.603. The molecule has 0 radical (unpaired) electrons. The SMILES string of the molecule is CC1C=C(C(C)C)C=C(O)N1. The van der Waals surface area contributed by atoms with Crippen LogP contribution >= 0.6 is 0 Å². The van der Waals surface area contributed by atoms with Crippen LogP contribution in [0.2, 0.25) is 0 Å². The third kappa shape index (κ3) is 2.00. The molecule has 0 aromatic rings. The molecule has 0 fully saturated rings. The average molecular weight is 153 g/mol. The minimum Gasteiger partial charge on any atom is -0.495 e. The molecule has 1 unspecified atom stereocenters. The van der Waals surface area contributed by atoms with Crippen molar-refractivity contribution >= 4 is 0 Å². The average Bonchev–Trinajstić information content (AvgIpc) is 1.85. The fraction of sp³-hybridized carbons (Fsp3) is 0.556. The fourth-order valence-electron chi connectivity index (χ4n) is 1.17. The van der Waals surface area contributed by atoms with Gasteiger partial charge in [-0.3, -0.25) is 0 Å². The van der Waals surface area contributed by atoms with E-state index in [9.17, 15) is 5.11 Å². The standard InChI is InChI=1S/C9H15NO/c1-6(2)8-4-7(3)10-9(11)5-8/h4-7,10-11H,1-3H3. The molecular weight excluding hydrogens is 138 g/mol. The van der Waals surface area contributed by atoms with Gasteiger partial charge in [-0.25, -0.2) is 0 Å². The normalized spacial score (nSPS) is 24.2. The maximum absolute atomic E-state index is 9.21. The first kappa shape index (κ1) is 8.18. The first-order valence-electron chi connectivity index (χ1n) is 3.98. The van der Waals surface area contributed by atoms with Gasteiger partial charge in [-0.1, -0.05) is 19.9 Å². The molecule has 2 heteroatoms. The fourth-order valence-corrected chi connectivity index (χ4v) is 1.17. The lowest BCUT2D eigenvalue weighted by molar-refractivity contribution is 0.350. The summed E-state index contributed by atoms with van der Waals surface area (Å²) in [4.78, 5) is 0. The molecule has 1 aliphatic rings. The summed E-state index contributed by atoms with van der Waals surface area (Å²) < 4.78 is 0. The summed E-state index contributed by atoms with van der Waals surface area (Å²) in [7, 11) is 0. The number of allylic oxidation sites excluding steroid dienone is 2. The molecule has 0 aliphatic carbocycles. The Morgan fingerprint density at radius 1 is 1.55 bits per heavy atom. The minimum absolute atomic E-state index is 0.248. The number of dihydropyridines is 1. The van der Waals surface area contributed by atoms with Gasteiger partial charge in [0, 0.05) is 12.1 Å². The first-order valence-corrected chi connectivity index (χ1v) is 3.98. The van der Waals surface area contributed by atoms with Crippen LogP contribution in [-0.4, -0.2) is 11.1 Å². The zero-order valence-corrected chi connectivity index (χ0v) is 7.26. The van der Waals surface area contributed by atoms with Gasteiger partial charge in [0.05, 0.1) is 0 Å². The Labute approximate surface area is 67.6 Å². The summed E-state index contributed by atoms with van der Waals surface area (Å²) >= 11 is 0. The Balaban J connectivity index is 2.78. The molecule has 0 spiro atoms. The van der Waals surface area contributed by atoms with Crippen molar-refractivity contribution in [1.82, 2.24) is 5.32 Å². The van der Waals surface area contributed by atoms with Crippen LogP contribution in [0, 0.1) is 5.92 Å². The van der Waals surface area contributed by atoms with Gasteiger partial charge in [0.15, 0.2) is 5.88 Å². The van der Waals surface area contributed by atoms with Crippen LogP contribution in [0.3, 0.4) is 0 Å². The summed E-state index contributed by atoms with van der Waals surface area (Å²) in [5.41, 5.74) is 1.20. The number of nitrogens with one attached hydrogen (secondary N) is 1. The van der Waals surface area contributed by atoms with Gasteiger partial charge >= 0.3 is 0 Å². The molecule has 0 aromatic heterocycles. The highest BCUT2D eigenvalue weighted by molar-refractivity contribution is 5.27. The number of hydrogen-bond acceptors (Lipinski definition) is 2. The highest BCUT2D eigenvalue weighted by Crippen LogP contribution is 2.16. The minimum atomic E-state index is 0.248. The van der Waals surface area contributed by atoms with E-state index in [1.54, 1.807) is 6.08 Å². The summed E-state index contributed by atoms with van der Waals surface area (Å²) in [6.07, 6.45) is 3.91. The van der Waals surface area contributed by atoms with E-state index >= 15 is 0 Å². The second-order valence-corrected chi connectivity index (χ2v) is 3.28. The van der Waals surface area contributed by atoms with Gasteiger partial charge in [-0.05, 0) is 18.4 Å². The van der Waals surface area contributed by atoms with Crippen molar-refractivity contribution in [3.05, 3.63) is 23.6 Å². The Hall–Kier alpha value is -0.920. The van der Waals surface area contributed by atoms with Crippen molar-refractivity contribution in [1.29, 1.82) is 0 Å². The highest BCUT2D eigenvalue weighted by Gasteiger charge is 2.10. The third-order valence-electron chi connectivity index (χ3n) is 1.79. The smallest absolute Gasteiger partial charge is 0.184 e. The van der Waals surface area contributed by atoms with Crippen LogP contribution in [-0.2, 0) is 0 Å². The largest absolute Gasteiger partial charge is 0.495 e. The number of hydrogen-bond donors (Lipinski definition) is 2. The molecule has 0 aromatic carbocycles. The zero-order valence-electron chi connectivity index (χ0n) is 7.26. The maximum Gasteiger partial charge on any atom is 0.184 e. The van der Waals surface area contributed by atoms with E-state index in [2.05, 4.69) is 25.2 Å². The molecule has 0 bridgehead atoms. The van der Waals surface area contributed by atoms with Crippen LogP contribution in [0.5, 0.6) is 0 Å². The van der Waals surface area contributed by atoms with Gasteiger partial charge in [0.1, 0.15) is 0 Å². The van der Waals surface area contributed by atoms with Crippen molar-refractivity contribution < 1.29 is 5.11 Å². The molecule has 1 rings (SSSR count). The molecule has 2 N–H and O–H groups in total. The Kier molecular flexibility index (Phi) is 2.22. The monoisotopic (exact) mass is 153 g/mol. The van der Waals surface area contributed by atoms with E-state index in [-0.39, 0.29) is 11.9 Å². The molecule has 1 aliphatic heterocycles. The van der Waals surface area contributed by atoms with Crippen molar-refractivity contribution in [3.63, 3.8) is 0 Å². The topological polar surface area (TPSA) is 32.3 Å². The van der Waals surface area contributed by atoms with Crippen LogP contribution in [0.25, 0.3) is 0 Å². The van der Waals surface area contributed by atoms with E-state index in [0.29, 0.717) is 5.92 Å². The lowest BCUT2D eigenvalue weighted by atomic mass is 9.99. The lowest BCUT2D eigenvalue weighted by Gasteiger charge is -2.19. The van der Waals surface area contributed by atoms with Crippen LogP contribution in [0.4, 0.5) is 0 Å². The van der Waals surface area contributed by atoms with Gasteiger partial charge in [-0.2, -0.15) is 0 Å². The van der Waals surface area contributed by atoms with Crippen molar-refractivity contribution in [2.45, 2.75) is 26.8 Å². The molecule has 1 atom stereocenters. The predicted octanol–water partition coefficient (Wildman–Crippen LogP) is 1.96. The lowest BCUT2D eigenvalue weighted by Crippen LogP contribution is -2.27. The second kappa shape index (κ2) is 2.99. The number of aliphatic hydroxyl groups excluding tert-OH is 1. The second-order valence-electron chi connectivity index (χ2n) is 3.28. The molecule has 0 saturated carbocycles. The van der Waals surface area contributed by atoms with E-state index in [4.69, 9.17) is 0 Å². The number of aliphatic hydroxyl groups is 1. The van der Waals surface area contributed by atoms with E-state index < -0.39 is 0 Å². The van der Waals surface area contributed by atoms with E-state index in [0.717, 1.165) is 0 Å². The van der Waals surface area contributed by atoms with Gasteiger partial charge in [0.25, 0.3) is 0 Å². The Bertz CT molecular complexity index is 204. The maximum atomic E-state index is 9.21. The Morgan fingerprint density at radius 3 is 2.64 bits per heavy atom. The van der Waals surface area contributed by atoms with E-state index in [1.807, 2.05) is 6.92 Å². The Morgan fingerprint density at radius 2 is 2.18 bits per heavy atom. The van der Waals surface area contributed by atoms with Crippen LogP contribution in [0.15, 0.2) is 23.6 Å². The summed E-state index contributed by atoms with van der Waals surface area (Å²) in [6, 6.07) is 0.248. The summed E-state index contributed by atoms with van der Waals surface area (Å²) in [5, 5.41) is 12.1. The zero-order chi connectivity index (χ0) is 8.43. The first-order chi connectivity index (χ1) is 5.09. The molecule has 62 valence electrons. The van der Waals surface area contributed by atoms with Crippen molar-refractivity contribution in [2.24, 2.45) is 5.92 Å². The van der Waals surface area contributed by atoms with Crippen molar-refractivity contribution in [2.75, 3.05) is 0 Å². The summed E-state index contributed by atoms with van der Waals surface area (Å²) in [5.74, 6) is 0.769. The molecule has 0 amide bonds. The molecular formula is C9H15NO. The van der Waals surface area contributed by atoms with Crippen LogP contribution < -0.4 is 5.32 Å². The summed E-state index contributed by atoms with van der Waals surface area (Å²) in [6.45, 7) is 6.26. The predicted molar refractivity (Wildman–Crippen MR) is 46.2 cm³/mol. The molecule has 2 nitrogen and oxygen atoms in total. The van der Waals surface area contributed by atoms with Gasteiger partial charge in [0.2, 0.25) is 0 Å².